The van der Waals surface area contributed by atoms with Crippen LogP contribution < -0.4 is 0 Å². The number of aromatic nitrogens is 4. The summed E-state index contributed by atoms with van der Waals surface area (Å²) in [5.74, 6) is 5.31. The van der Waals surface area contributed by atoms with Crippen LogP contribution in [0.3, 0.4) is 0 Å². The second-order valence-corrected chi connectivity index (χ2v) is 6.47. The number of fused-ring (bicyclic) bond motifs is 2. The Morgan fingerprint density at radius 2 is 2.00 bits per heavy atom. The number of aryl methyl sites for hydroxylation is 1. The smallest absolute Gasteiger partial charge is 0.207 e. The third-order valence-electron chi connectivity index (χ3n) is 4.26. The van der Waals surface area contributed by atoms with Crippen LogP contribution in [0.5, 0.6) is 0 Å². The van der Waals surface area contributed by atoms with Gasteiger partial charge in [0.1, 0.15) is 17.7 Å². The highest BCUT2D eigenvalue weighted by Crippen LogP contribution is 2.43. The molecular formula is C17H17N5O3. The summed E-state index contributed by atoms with van der Waals surface area (Å²) in [6, 6.07) is 2.14. The lowest BCUT2D eigenvalue weighted by Crippen LogP contribution is -2.28. The van der Waals surface area contributed by atoms with Crippen LogP contribution in [-0.4, -0.2) is 43.6 Å². The number of nitriles is 1. The molecule has 0 bridgehead atoms. The molecule has 25 heavy (non-hydrogen) atoms. The molecule has 8 heteroatoms. The summed E-state index contributed by atoms with van der Waals surface area (Å²) in [5.41, 5.74) is 2.00. The van der Waals surface area contributed by atoms with E-state index >= 15 is 0 Å². The van der Waals surface area contributed by atoms with E-state index in [9.17, 15) is 5.26 Å². The lowest BCUT2D eigenvalue weighted by molar-refractivity contribution is -0.190. The van der Waals surface area contributed by atoms with Crippen molar-refractivity contribution < 1.29 is 14.2 Å². The first-order chi connectivity index (χ1) is 11.9. The van der Waals surface area contributed by atoms with E-state index in [-0.39, 0.29) is 0 Å². The lowest BCUT2D eigenvalue weighted by atomic mass is 10.1. The van der Waals surface area contributed by atoms with Crippen molar-refractivity contribution in [2.24, 2.45) is 0 Å². The third kappa shape index (κ3) is 2.47. The van der Waals surface area contributed by atoms with Crippen LogP contribution in [0.4, 0.5) is 0 Å². The molecule has 4 atom stereocenters. The highest BCUT2D eigenvalue weighted by Gasteiger charge is 2.56. The number of rotatable bonds is 1. The summed E-state index contributed by atoms with van der Waals surface area (Å²) in [7, 11) is 0. The van der Waals surface area contributed by atoms with Gasteiger partial charge in [0.2, 0.25) is 5.82 Å². The third-order valence-corrected chi connectivity index (χ3v) is 4.26. The minimum absolute atomic E-state index is 0.421. The number of imidazole rings is 1. The minimum Gasteiger partial charge on any atom is -0.341 e. The largest absolute Gasteiger partial charge is 0.341 e. The zero-order valence-electron chi connectivity index (χ0n) is 14.3. The molecule has 0 spiro atoms. The van der Waals surface area contributed by atoms with Crippen LogP contribution in [0.25, 0.3) is 11.2 Å². The fourth-order valence-electron chi connectivity index (χ4n) is 3.32. The van der Waals surface area contributed by atoms with E-state index in [0.29, 0.717) is 17.0 Å². The second-order valence-electron chi connectivity index (χ2n) is 6.47. The first-order valence-electron chi connectivity index (χ1n) is 7.98. The van der Waals surface area contributed by atoms with E-state index in [4.69, 9.17) is 14.2 Å². The molecule has 4 heterocycles. The first-order valence-corrected chi connectivity index (χ1v) is 7.98. The van der Waals surface area contributed by atoms with E-state index in [2.05, 4.69) is 32.9 Å². The highest BCUT2D eigenvalue weighted by atomic mass is 16.8. The molecule has 128 valence electrons. The molecule has 0 aliphatic carbocycles. The molecule has 2 aliphatic rings. The van der Waals surface area contributed by atoms with Gasteiger partial charge in [-0.15, -0.1) is 0 Å². The van der Waals surface area contributed by atoms with Gasteiger partial charge >= 0.3 is 0 Å². The van der Waals surface area contributed by atoms with Crippen LogP contribution in [0.2, 0.25) is 0 Å². The van der Waals surface area contributed by atoms with Gasteiger partial charge in [0.15, 0.2) is 23.8 Å². The molecule has 2 aromatic rings. The molecule has 8 nitrogen and oxygen atoms in total. The quantitative estimate of drug-likeness (QED) is 0.726. The summed E-state index contributed by atoms with van der Waals surface area (Å²) in [6.07, 6.45) is -0.524. The zero-order valence-corrected chi connectivity index (χ0v) is 14.3. The molecule has 1 unspecified atom stereocenters. The van der Waals surface area contributed by atoms with E-state index in [1.165, 1.54) is 0 Å². The van der Waals surface area contributed by atoms with Crippen molar-refractivity contribution in [2.75, 3.05) is 0 Å². The van der Waals surface area contributed by atoms with Crippen molar-refractivity contribution in [1.82, 2.24) is 19.5 Å². The second kappa shape index (κ2) is 5.50. The fraction of sp³-hybridized carbons (Fsp3) is 0.529. The van der Waals surface area contributed by atoms with Crippen molar-refractivity contribution >= 4 is 11.2 Å². The molecular weight excluding hydrogens is 322 g/mol. The number of ether oxygens (including phenoxy) is 3. The van der Waals surface area contributed by atoms with Crippen molar-refractivity contribution in [3.8, 4) is 17.9 Å². The maximum absolute atomic E-state index is 9.39. The van der Waals surface area contributed by atoms with Gasteiger partial charge in [-0.05, 0) is 33.6 Å². The summed E-state index contributed by atoms with van der Waals surface area (Å²) in [5, 5.41) is 9.39. The van der Waals surface area contributed by atoms with Crippen LogP contribution in [-0.2, 0) is 14.2 Å². The summed E-state index contributed by atoms with van der Waals surface area (Å²) in [4.78, 5) is 13.2. The standard InChI is InChI=1S/C17H17N5O3/c1-5-6-11-20-9(2)12-15(21-11)22(8-19-12)16-14-13(10(7-18)23-16)24-17(3,4)25-14/h8,10,13-14,16H,1-4H3/t10-,13+,14?,16-/m1/s1. The Bertz CT molecular complexity index is 949. The molecule has 2 fully saturated rings. The predicted molar refractivity (Wildman–Crippen MR) is 86.0 cm³/mol. The van der Waals surface area contributed by atoms with Crippen molar-refractivity contribution in [2.45, 2.75) is 58.0 Å². The molecule has 2 saturated heterocycles. The number of nitrogens with zero attached hydrogens (tertiary/aromatic N) is 5. The SMILES string of the molecule is CC#Cc1nc(C)c2ncn([C@@H]3O[C@H](C#N)[C@@H]4OC(C)(C)OC43)c2n1. The predicted octanol–water partition coefficient (Wildman–Crippen LogP) is 1.45. The monoisotopic (exact) mass is 339 g/mol. The van der Waals surface area contributed by atoms with E-state index in [1.807, 2.05) is 20.8 Å². The topological polar surface area (TPSA) is 95.1 Å². The minimum atomic E-state index is -0.771. The van der Waals surface area contributed by atoms with Gasteiger partial charge in [0.25, 0.3) is 0 Å². The Morgan fingerprint density at radius 3 is 2.72 bits per heavy atom. The molecule has 0 amide bonds. The molecule has 0 radical (unpaired) electrons. The molecule has 0 aromatic carbocycles. The molecule has 2 aromatic heterocycles. The Balaban J connectivity index is 1.81. The molecule has 0 saturated carbocycles. The van der Waals surface area contributed by atoms with E-state index in [1.54, 1.807) is 17.8 Å². The van der Waals surface area contributed by atoms with E-state index in [0.717, 1.165) is 5.69 Å². The van der Waals surface area contributed by atoms with Crippen LogP contribution in [0.15, 0.2) is 6.33 Å². The van der Waals surface area contributed by atoms with Gasteiger partial charge < -0.3 is 14.2 Å². The van der Waals surface area contributed by atoms with Gasteiger partial charge in [0.05, 0.1) is 18.1 Å². The molecule has 2 aliphatic heterocycles. The summed E-state index contributed by atoms with van der Waals surface area (Å²) in [6.45, 7) is 7.24. The average Bonchev–Trinajstić information content (AvgIpc) is 3.18. The Kier molecular flexibility index (Phi) is 3.51. The van der Waals surface area contributed by atoms with Gasteiger partial charge in [-0.1, -0.05) is 5.92 Å². The lowest BCUT2D eigenvalue weighted by Gasteiger charge is -2.23. The Hall–Kier alpha value is -2.52. The van der Waals surface area contributed by atoms with E-state index < -0.39 is 30.3 Å². The summed E-state index contributed by atoms with van der Waals surface area (Å²) >= 11 is 0. The Morgan fingerprint density at radius 1 is 1.24 bits per heavy atom. The van der Waals surface area contributed by atoms with Crippen molar-refractivity contribution in [3.05, 3.63) is 17.8 Å². The number of hydrogen-bond donors (Lipinski definition) is 0. The maximum atomic E-state index is 9.39. The zero-order chi connectivity index (χ0) is 17.8. The fourth-order valence-corrected chi connectivity index (χ4v) is 3.32. The van der Waals surface area contributed by atoms with Gasteiger partial charge in [0, 0.05) is 0 Å². The Labute approximate surface area is 144 Å². The summed E-state index contributed by atoms with van der Waals surface area (Å²) < 4.78 is 19.5. The van der Waals surface area contributed by atoms with Crippen LogP contribution >= 0.6 is 0 Å². The van der Waals surface area contributed by atoms with Crippen molar-refractivity contribution in [3.63, 3.8) is 0 Å². The first kappa shape index (κ1) is 16.0. The van der Waals surface area contributed by atoms with Crippen molar-refractivity contribution in [1.29, 1.82) is 5.26 Å². The normalized spacial score (nSPS) is 29.9. The molecule has 4 rings (SSSR count). The van der Waals surface area contributed by atoms with Gasteiger partial charge in [-0.25, -0.2) is 15.0 Å². The van der Waals surface area contributed by atoms with Crippen LogP contribution in [0.1, 0.15) is 38.5 Å². The molecule has 0 N–H and O–H groups in total. The van der Waals surface area contributed by atoms with Gasteiger partial charge in [-0.2, -0.15) is 5.26 Å². The maximum Gasteiger partial charge on any atom is 0.207 e. The number of hydrogen-bond acceptors (Lipinski definition) is 7. The highest BCUT2D eigenvalue weighted by molar-refractivity contribution is 5.73. The van der Waals surface area contributed by atoms with Crippen LogP contribution in [0, 0.1) is 30.1 Å². The average molecular weight is 339 g/mol. The van der Waals surface area contributed by atoms with Gasteiger partial charge in [-0.3, -0.25) is 4.57 Å².